The molecule has 0 radical (unpaired) electrons. The molecule has 0 spiro atoms. The quantitative estimate of drug-likeness (QED) is 0.934. The summed E-state index contributed by atoms with van der Waals surface area (Å²) in [7, 11) is 0. The molecule has 1 saturated carbocycles. The van der Waals surface area contributed by atoms with Crippen LogP contribution < -0.4 is 0 Å². The number of likely N-dealkylation sites (tertiary alicyclic amines) is 1. The first-order valence-corrected chi connectivity index (χ1v) is 8.88. The second-order valence-electron chi connectivity index (χ2n) is 6.39. The van der Waals surface area contributed by atoms with Crippen molar-refractivity contribution >= 4 is 17.2 Å². The van der Waals surface area contributed by atoms with Crippen LogP contribution in [0.1, 0.15) is 64.8 Å². The van der Waals surface area contributed by atoms with E-state index in [1.165, 1.54) is 25.7 Å². The number of nitrogens with zero attached hydrogens (tertiary/aromatic N) is 2. The number of thiazole rings is 1. The molecule has 1 aromatic rings. The van der Waals surface area contributed by atoms with Gasteiger partial charge in [-0.3, -0.25) is 4.79 Å². The first-order valence-electron chi connectivity index (χ1n) is 8.06. The number of aliphatic hydroxyl groups excluding tert-OH is 1. The van der Waals surface area contributed by atoms with Crippen LogP contribution in [0.2, 0.25) is 0 Å². The summed E-state index contributed by atoms with van der Waals surface area (Å²) in [5.41, 5.74) is 0.887. The molecule has 2 heterocycles. The highest BCUT2D eigenvalue weighted by atomic mass is 32.1. The highest BCUT2D eigenvalue weighted by molar-refractivity contribution is 7.13. The average Bonchev–Trinajstić information content (AvgIpc) is 3.16. The van der Waals surface area contributed by atoms with Gasteiger partial charge in [-0.2, -0.15) is 0 Å². The highest BCUT2D eigenvalue weighted by Crippen LogP contribution is 2.37. The molecular formula is C16H24N2O2S. The number of piperidine rings is 1. The molecule has 116 valence electrons. The van der Waals surface area contributed by atoms with Crippen molar-refractivity contribution in [1.29, 1.82) is 0 Å². The summed E-state index contributed by atoms with van der Waals surface area (Å²) < 4.78 is 0. The molecule has 1 unspecified atom stereocenters. The number of aryl methyl sites for hydroxylation is 1. The van der Waals surface area contributed by atoms with Crippen LogP contribution in [0.3, 0.4) is 0 Å². The Morgan fingerprint density at radius 1 is 1.33 bits per heavy atom. The van der Waals surface area contributed by atoms with E-state index in [-0.39, 0.29) is 18.4 Å². The van der Waals surface area contributed by atoms with Crippen LogP contribution in [0.5, 0.6) is 0 Å². The summed E-state index contributed by atoms with van der Waals surface area (Å²) in [6, 6.07) is 0. The molecule has 1 saturated heterocycles. The van der Waals surface area contributed by atoms with Gasteiger partial charge in [-0.05, 0) is 38.5 Å². The van der Waals surface area contributed by atoms with Crippen LogP contribution in [-0.2, 0) is 0 Å². The zero-order valence-corrected chi connectivity index (χ0v) is 13.5. The number of aliphatic hydroxyl groups is 1. The lowest BCUT2D eigenvalue weighted by Crippen LogP contribution is -2.40. The Kier molecular flexibility index (Phi) is 4.60. The van der Waals surface area contributed by atoms with Crippen molar-refractivity contribution in [2.75, 3.05) is 19.7 Å². The van der Waals surface area contributed by atoms with Gasteiger partial charge in [0.05, 0.1) is 10.7 Å². The molecule has 1 aliphatic carbocycles. The summed E-state index contributed by atoms with van der Waals surface area (Å²) in [5.74, 6) is 0.930. The van der Waals surface area contributed by atoms with Gasteiger partial charge in [0, 0.05) is 25.6 Å². The van der Waals surface area contributed by atoms with Crippen LogP contribution in [-0.4, -0.2) is 40.6 Å². The lowest BCUT2D eigenvalue weighted by Gasteiger charge is -2.31. The molecule has 0 aromatic carbocycles. The minimum atomic E-state index is 0.118. The Hall–Kier alpha value is -0.940. The maximum absolute atomic E-state index is 12.7. The SMILES string of the molecule is Cc1nc(C2CCCC2)sc1C(=O)N1CCCC(CO)C1. The first-order chi connectivity index (χ1) is 10.2. The maximum Gasteiger partial charge on any atom is 0.265 e. The largest absolute Gasteiger partial charge is 0.396 e. The number of rotatable bonds is 3. The van der Waals surface area contributed by atoms with Crippen molar-refractivity contribution in [3.8, 4) is 0 Å². The minimum absolute atomic E-state index is 0.118. The van der Waals surface area contributed by atoms with E-state index in [0.29, 0.717) is 12.5 Å². The number of amides is 1. The van der Waals surface area contributed by atoms with Crippen LogP contribution in [0.25, 0.3) is 0 Å². The second kappa shape index (κ2) is 6.44. The van der Waals surface area contributed by atoms with Crippen molar-refractivity contribution in [2.24, 2.45) is 5.92 Å². The van der Waals surface area contributed by atoms with Crippen molar-refractivity contribution in [1.82, 2.24) is 9.88 Å². The molecule has 5 heteroatoms. The molecule has 3 rings (SSSR count). The van der Waals surface area contributed by atoms with Gasteiger partial charge in [0.25, 0.3) is 5.91 Å². The van der Waals surface area contributed by atoms with Crippen molar-refractivity contribution in [2.45, 2.75) is 51.4 Å². The Bertz CT molecular complexity index is 508. The summed E-state index contributed by atoms with van der Waals surface area (Å²) in [5, 5.41) is 10.5. The lowest BCUT2D eigenvalue weighted by atomic mass is 9.99. The van der Waals surface area contributed by atoms with Crippen LogP contribution in [0.4, 0.5) is 0 Å². The van der Waals surface area contributed by atoms with Crippen molar-refractivity contribution in [3.05, 3.63) is 15.6 Å². The molecule has 21 heavy (non-hydrogen) atoms. The third-order valence-electron chi connectivity index (χ3n) is 4.78. The van der Waals surface area contributed by atoms with E-state index in [4.69, 9.17) is 0 Å². The van der Waals surface area contributed by atoms with E-state index in [2.05, 4.69) is 4.98 Å². The molecule has 1 atom stereocenters. The molecule has 1 aromatic heterocycles. The minimum Gasteiger partial charge on any atom is -0.396 e. The van der Waals surface area contributed by atoms with Crippen LogP contribution >= 0.6 is 11.3 Å². The summed E-state index contributed by atoms with van der Waals surface area (Å²) in [4.78, 5) is 20.1. The highest BCUT2D eigenvalue weighted by Gasteiger charge is 2.28. The van der Waals surface area contributed by atoms with Gasteiger partial charge in [0.2, 0.25) is 0 Å². The van der Waals surface area contributed by atoms with E-state index in [9.17, 15) is 9.90 Å². The molecule has 1 amide bonds. The summed E-state index contributed by atoms with van der Waals surface area (Å²) in [6.07, 6.45) is 7.03. The zero-order valence-electron chi connectivity index (χ0n) is 12.7. The number of hydrogen-bond donors (Lipinski definition) is 1. The van der Waals surface area contributed by atoms with E-state index in [0.717, 1.165) is 35.0 Å². The van der Waals surface area contributed by atoms with Crippen LogP contribution in [0.15, 0.2) is 0 Å². The first kappa shape index (κ1) is 15.0. The Morgan fingerprint density at radius 2 is 2.10 bits per heavy atom. The number of carbonyl (C=O) groups is 1. The predicted molar refractivity (Wildman–Crippen MR) is 83.8 cm³/mol. The fourth-order valence-corrected chi connectivity index (χ4v) is 4.71. The fraction of sp³-hybridized carbons (Fsp3) is 0.750. The van der Waals surface area contributed by atoms with Crippen molar-refractivity contribution < 1.29 is 9.90 Å². The molecule has 2 aliphatic rings. The van der Waals surface area contributed by atoms with Crippen LogP contribution in [0, 0.1) is 12.8 Å². The Labute approximate surface area is 130 Å². The van der Waals surface area contributed by atoms with E-state index in [1.807, 2.05) is 11.8 Å². The number of carbonyl (C=O) groups excluding carboxylic acids is 1. The molecule has 2 fully saturated rings. The third kappa shape index (κ3) is 3.14. The molecule has 4 nitrogen and oxygen atoms in total. The summed E-state index contributed by atoms with van der Waals surface area (Å²) >= 11 is 1.60. The lowest BCUT2D eigenvalue weighted by molar-refractivity contribution is 0.0624. The van der Waals surface area contributed by atoms with Gasteiger partial charge in [0.1, 0.15) is 4.88 Å². The predicted octanol–water partition coefficient (Wildman–Crippen LogP) is 2.95. The zero-order chi connectivity index (χ0) is 14.8. The molecule has 1 N–H and O–H groups in total. The number of hydrogen-bond acceptors (Lipinski definition) is 4. The topological polar surface area (TPSA) is 53.4 Å². The van der Waals surface area contributed by atoms with Gasteiger partial charge in [-0.25, -0.2) is 4.98 Å². The normalized spacial score (nSPS) is 23.7. The van der Waals surface area contributed by atoms with Gasteiger partial charge in [0.15, 0.2) is 0 Å². The standard InChI is InChI=1S/C16H24N2O2S/c1-11-14(21-15(17-11)13-6-2-3-7-13)16(20)18-8-4-5-12(9-18)10-19/h12-13,19H,2-10H2,1H3. The Morgan fingerprint density at radius 3 is 2.81 bits per heavy atom. The molecule has 1 aliphatic heterocycles. The van der Waals surface area contributed by atoms with E-state index in [1.54, 1.807) is 11.3 Å². The molecular weight excluding hydrogens is 284 g/mol. The van der Waals surface area contributed by atoms with E-state index >= 15 is 0 Å². The summed E-state index contributed by atoms with van der Waals surface area (Å²) in [6.45, 7) is 3.63. The average molecular weight is 308 g/mol. The van der Waals surface area contributed by atoms with Gasteiger partial charge < -0.3 is 10.0 Å². The maximum atomic E-state index is 12.7. The third-order valence-corrected chi connectivity index (χ3v) is 6.08. The van der Waals surface area contributed by atoms with Crippen molar-refractivity contribution in [3.63, 3.8) is 0 Å². The fourth-order valence-electron chi connectivity index (χ4n) is 3.51. The van der Waals surface area contributed by atoms with Gasteiger partial charge >= 0.3 is 0 Å². The molecule has 0 bridgehead atoms. The smallest absolute Gasteiger partial charge is 0.265 e. The second-order valence-corrected chi connectivity index (χ2v) is 7.42. The monoisotopic (exact) mass is 308 g/mol. The Balaban J connectivity index is 1.74. The number of aromatic nitrogens is 1. The van der Waals surface area contributed by atoms with Gasteiger partial charge in [-0.15, -0.1) is 11.3 Å². The van der Waals surface area contributed by atoms with E-state index < -0.39 is 0 Å². The van der Waals surface area contributed by atoms with Gasteiger partial charge in [-0.1, -0.05) is 12.8 Å².